The van der Waals surface area contributed by atoms with E-state index < -0.39 is 68.4 Å². The van der Waals surface area contributed by atoms with Gasteiger partial charge in [-0.2, -0.15) is 0 Å². The Bertz CT molecular complexity index is 759. The summed E-state index contributed by atoms with van der Waals surface area (Å²) in [6, 6.07) is -0.684. The van der Waals surface area contributed by atoms with Crippen molar-refractivity contribution in [3.63, 3.8) is 0 Å². The van der Waals surface area contributed by atoms with E-state index in [-0.39, 0.29) is 12.1 Å². The average molecular weight is 496 g/mol. The van der Waals surface area contributed by atoms with E-state index in [1.54, 1.807) is 27.7 Å². The van der Waals surface area contributed by atoms with Crippen molar-refractivity contribution >= 4 is 31.3 Å². The molecule has 0 saturated carbocycles. The van der Waals surface area contributed by atoms with E-state index in [0.29, 0.717) is 0 Å². The van der Waals surface area contributed by atoms with Gasteiger partial charge in [-0.25, -0.2) is 15.0 Å². The minimum atomic E-state index is -3.83. The summed E-state index contributed by atoms with van der Waals surface area (Å²) in [7, 11) is -3.83. The third-order valence-corrected chi connectivity index (χ3v) is 6.84. The van der Waals surface area contributed by atoms with Crippen molar-refractivity contribution in [3.05, 3.63) is 0 Å². The molecule has 0 amide bonds. The molecule has 0 radical (unpaired) electrons. The molecule has 0 aliphatic carbocycles. The molecule has 0 bridgehead atoms. The second-order valence-corrected chi connectivity index (χ2v) is 10.4. The van der Waals surface area contributed by atoms with Crippen molar-refractivity contribution in [2.75, 3.05) is 6.61 Å². The molecule has 3 N–H and O–H groups in total. The van der Waals surface area contributed by atoms with Crippen LogP contribution in [0.15, 0.2) is 0 Å². The molecule has 1 aliphatic rings. The first-order valence-electron chi connectivity index (χ1n) is 10.3. The first-order chi connectivity index (χ1) is 15.2. The first-order valence-corrected chi connectivity index (χ1v) is 12.1. The monoisotopic (exact) mass is 496 g/mol. The standard InChI is InChI=1S/C19H33N2O11P/c1-9(2)20-33(27,21-10(3)4)19(17(25)26)28-8-14-15(29-11(5)22)16(30-12(6)23)18(32-14)31-13(7)24/h9-10,14-16,18-19H,8H2,1-7H3,(H,25,26)(H2,20,21,27). The molecule has 0 aromatic carbocycles. The van der Waals surface area contributed by atoms with Gasteiger partial charge in [0.25, 0.3) is 7.44 Å². The maximum Gasteiger partial charge on any atom is 0.343 e. The van der Waals surface area contributed by atoms with Crippen molar-refractivity contribution in [2.45, 2.75) is 91.0 Å². The summed E-state index contributed by atoms with van der Waals surface area (Å²) >= 11 is 0. The van der Waals surface area contributed by atoms with Crippen LogP contribution in [0.5, 0.6) is 0 Å². The second kappa shape index (κ2) is 12.4. The fraction of sp³-hybridized carbons (Fsp3) is 0.789. The molecule has 0 aromatic heterocycles. The molecule has 190 valence electrons. The molecule has 33 heavy (non-hydrogen) atoms. The SMILES string of the molecule is CC(=O)OC1OC(COC(C(=O)O)P(=O)(NC(C)C)NC(C)C)C(OC(C)=O)C1OC(C)=O. The maximum atomic E-state index is 13.5. The summed E-state index contributed by atoms with van der Waals surface area (Å²) in [4.78, 5) is 46.6. The summed E-state index contributed by atoms with van der Waals surface area (Å²) in [6.45, 7) is 9.55. The average Bonchev–Trinajstić information content (AvgIpc) is 2.88. The highest BCUT2D eigenvalue weighted by molar-refractivity contribution is 7.61. The maximum absolute atomic E-state index is 13.5. The van der Waals surface area contributed by atoms with Gasteiger partial charge in [0.05, 0.1) is 6.61 Å². The number of carbonyl (C=O) groups is 4. The highest BCUT2D eigenvalue weighted by Crippen LogP contribution is 2.44. The number of esters is 3. The van der Waals surface area contributed by atoms with Crippen LogP contribution in [0.2, 0.25) is 0 Å². The largest absolute Gasteiger partial charge is 0.479 e. The third kappa shape index (κ3) is 9.01. The summed E-state index contributed by atoms with van der Waals surface area (Å²) in [5.41, 5.74) is 0. The number of aliphatic carboxylic acids is 1. The van der Waals surface area contributed by atoms with Crippen molar-refractivity contribution in [2.24, 2.45) is 0 Å². The van der Waals surface area contributed by atoms with E-state index in [0.717, 1.165) is 20.8 Å². The van der Waals surface area contributed by atoms with E-state index in [2.05, 4.69) is 10.2 Å². The van der Waals surface area contributed by atoms with Gasteiger partial charge in [0, 0.05) is 32.9 Å². The van der Waals surface area contributed by atoms with Gasteiger partial charge in [0.1, 0.15) is 6.10 Å². The summed E-state index contributed by atoms with van der Waals surface area (Å²) < 4.78 is 39.8. The lowest BCUT2D eigenvalue weighted by atomic mass is 10.1. The number of nitrogens with one attached hydrogen (secondary N) is 2. The van der Waals surface area contributed by atoms with Crippen LogP contribution < -0.4 is 10.2 Å². The Morgan fingerprint density at radius 2 is 1.33 bits per heavy atom. The zero-order valence-electron chi connectivity index (χ0n) is 19.7. The molecule has 0 aromatic rings. The number of rotatable bonds is 12. The molecule has 5 atom stereocenters. The number of hydrogen-bond acceptors (Lipinski definition) is 10. The van der Waals surface area contributed by atoms with Crippen LogP contribution in [0.3, 0.4) is 0 Å². The topological polar surface area (TPSA) is 176 Å². The first kappa shape index (κ1) is 29.0. The lowest BCUT2D eigenvalue weighted by molar-refractivity contribution is -0.197. The van der Waals surface area contributed by atoms with Gasteiger partial charge in [0.2, 0.25) is 18.2 Å². The predicted octanol–water partition coefficient (Wildman–Crippen LogP) is 0.754. The number of carbonyl (C=O) groups excluding carboxylic acids is 3. The fourth-order valence-corrected chi connectivity index (χ4v) is 5.68. The molecule has 14 heteroatoms. The van der Waals surface area contributed by atoms with E-state index in [1.807, 2.05) is 0 Å². The van der Waals surface area contributed by atoms with Gasteiger partial charge in [-0.15, -0.1) is 0 Å². The van der Waals surface area contributed by atoms with Crippen LogP contribution in [0.4, 0.5) is 0 Å². The Morgan fingerprint density at radius 3 is 1.73 bits per heavy atom. The van der Waals surface area contributed by atoms with Crippen molar-refractivity contribution in [1.29, 1.82) is 0 Å². The van der Waals surface area contributed by atoms with E-state index >= 15 is 0 Å². The Labute approximate surface area is 192 Å². The second-order valence-electron chi connectivity index (χ2n) is 8.05. The van der Waals surface area contributed by atoms with Crippen LogP contribution in [0.1, 0.15) is 48.5 Å². The highest BCUT2D eigenvalue weighted by atomic mass is 31.2. The van der Waals surface area contributed by atoms with Crippen LogP contribution >= 0.6 is 7.44 Å². The van der Waals surface area contributed by atoms with Gasteiger partial charge >= 0.3 is 23.9 Å². The Morgan fingerprint density at radius 1 is 0.879 bits per heavy atom. The molecule has 1 heterocycles. The molecule has 1 rings (SSSR count). The Balaban J connectivity index is 3.20. The third-order valence-electron chi connectivity index (χ3n) is 4.01. The zero-order valence-corrected chi connectivity index (χ0v) is 20.6. The summed E-state index contributed by atoms with van der Waals surface area (Å²) in [6.07, 6.45) is -5.22. The molecule has 13 nitrogen and oxygen atoms in total. The van der Waals surface area contributed by atoms with Gasteiger partial charge in [0.15, 0.2) is 6.10 Å². The van der Waals surface area contributed by atoms with Gasteiger partial charge in [-0.05, 0) is 27.7 Å². The zero-order chi connectivity index (χ0) is 25.5. The van der Waals surface area contributed by atoms with Gasteiger partial charge in [-0.1, -0.05) is 0 Å². The van der Waals surface area contributed by atoms with Gasteiger partial charge < -0.3 is 28.8 Å². The fourth-order valence-electron chi connectivity index (χ4n) is 3.19. The minimum Gasteiger partial charge on any atom is -0.479 e. The predicted molar refractivity (Wildman–Crippen MR) is 113 cm³/mol. The van der Waals surface area contributed by atoms with E-state index in [1.165, 1.54) is 0 Å². The molecule has 5 unspecified atom stereocenters. The van der Waals surface area contributed by atoms with Crippen LogP contribution in [0, 0.1) is 0 Å². The number of carboxylic acids is 1. The molecule has 0 spiro atoms. The van der Waals surface area contributed by atoms with E-state index in [4.69, 9.17) is 23.7 Å². The minimum absolute atomic E-state index is 0.342. The van der Waals surface area contributed by atoms with E-state index in [9.17, 15) is 28.8 Å². The van der Waals surface area contributed by atoms with Crippen LogP contribution in [-0.2, 0) is 47.4 Å². The van der Waals surface area contributed by atoms with Gasteiger partial charge in [-0.3, -0.25) is 18.9 Å². The van der Waals surface area contributed by atoms with Crippen molar-refractivity contribution < 1.29 is 52.5 Å². The summed E-state index contributed by atoms with van der Waals surface area (Å²) in [5, 5.41) is 15.2. The number of carboxylic acid groups (broad SMARTS) is 1. The quantitative estimate of drug-likeness (QED) is 0.196. The number of hydrogen-bond donors (Lipinski definition) is 3. The molecule has 1 aliphatic heterocycles. The lowest BCUT2D eigenvalue weighted by Crippen LogP contribution is -2.44. The lowest BCUT2D eigenvalue weighted by Gasteiger charge is -2.30. The van der Waals surface area contributed by atoms with Crippen LogP contribution in [0.25, 0.3) is 0 Å². The molecular weight excluding hydrogens is 463 g/mol. The Kier molecular flexibility index (Phi) is 10.9. The summed E-state index contributed by atoms with van der Waals surface area (Å²) in [5.74, 6) is -5.60. The highest BCUT2D eigenvalue weighted by Gasteiger charge is 2.52. The molecule has 1 saturated heterocycles. The smallest absolute Gasteiger partial charge is 0.343 e. The van der Waals surface area contributed by atoms with Crippen molar-refractivity contribution in [3.8, 4) is 0 Å². The van der Waals surface area contributed by atoms with Crippen LogP contribution in [-0.4, -0.2) is 78.1 Å². The Hall–Kier alpha value is -2.05. The van der Waals surface area contributed by atoms with Crippen molar-refractivity contribution in [1.82, 2.24) is 10.2 Å². The molecular formula is C19H33N2O11P. The molecule has 1 fully saturated rings. The normalized spacial score (nSPS) is 23.9. The number of ether oxygens (including phenoxy) is 5.